The van der Waals surface area contributed by atoms with Gasteiger partial charge in [0, 0.05) is 19.3 Å². The zero-order valence-corrected chi connectivity index (χ0v) is 53.0. The number of esters is 3. The molecule has 81 heavy (non-hydrogen) atoms. The zero-order chi connectivity index (χ0) is 58.5. The molecule has 0 bridgehead atoms. The molecule has 0 aliphatic carbocycles. The number of hydrogen-bond donors (Lipinski definition) is 0. The van der Waals surface area contributed by atoms with Gasteiger partial charge in [0.15, 0.2) is 6.10 Å². The SMILES string of the molecule is CC/C=C\C/C=C\C/C=C\C/C=C\C/C=C\C/C=C\C/C=C\C/C=C\C/C=C\CCCCCCCCCC(=O)OCC(COC(=O)CCCCCCCCCCC)OC(=O)CCCCCCCCCCC/C=C\CCCCCCCC. The third kappa shape index (κ3) is 66.5. The topological polar surface area (TPSA) is 78.9 Å². The van der Waals surface area contributed by atoms with Crippen molar-refractivity contribution < 1.29 is 28.6 Å². The number of carbonyl (C=O) groups excluding carboxylic acids is 3. The van der Waals surface area contributed by atoms with Crippen LogP contribution < -0.4 is 0 Å². The van der Waals surface area contributed by atoms with Crippen molar-refractivity contribution in [2.75, 3.05) is 13.2 Å². The van der Waals surface area contributed by atoms with Crippen molar-refractivity contribution in [2.24, 2.45) is 0 Å². The average Bonchev–Trinajstić information content (AvgIpc) is 3.47. The van der Waals surface area contributed by atoms with Crippen LogP contribution in [0.2, 0.25) is 0 Å². The molecule has 0 aliphatic rings. The Kier molecular flexibility index (Phi) is 64.8. The summed E-state index contributed by atoms with van der Waals surface area (Å²) in [5, 5.41) is 0. The lowest BCUT2D eigenvalue weighted by Crippen LogP contribution is -2.30. The number of hydrogen-bond acceptors (Lipinski definition) is 6. The Morgan fingerprint density at radius 3 is 0.765 bits per heavy atom. The first kappa shape index (κ1) is 76.8. The van der Waals surface area contributed by atoms with Crippen LogP contribution in [-0.4, -0.2) is 37.2 Å². The maximum atomic E-state index is 12.9. The summed E-state index contributed by atoms with van der Waals surface area (Å²) in [5.41, 5.74) is 0. The molecule has 0 saturated carbocycles. The minimum Gasteiger partial charge on any atom is -0.462 e. The summed E-state index contributed by atoms with van der Waals surface area (Å²) in [6, 6.07) is 0. The van der Waals surface area contributed by atoms with E-state index >= 15 is 0 Å². The van der Waals surface area contributed by atoms with Gasteiger partial charge in [0.1, 0.15) is 13.2 Å². The highest BCUT2D eigenvalue weighted by molar-refractivity contribution is 5.71. The van der Waals surface area contributed by atoms with Gasteiger partial charge in [-0.3, -0.25) is 14.4 Å². The number of allylic oxidation sites excluding steroid dienone is 20. The van der Waals surface area contributed by atoms with E-state index in [-0.39, 0.29) is 31.1 Å². The summed E-state index contributed by atoms with van der Waals surface area (Å²) in [6.07, 6.45) is 95.1. The number of carbonyl (C=O) groups is 3. The molecule has 0 aromatic carbocycles. The van der Waals surface area contributed by atoms with Gasteiger partial charge in [-0.05, 0) is 116 Å². The van der Waals surface area contributed by atoms with Gasteiger partial charge in [-0.2, -0.15) is 0 Å². The van der Waals surface area contributed by atoms with E-state index in [1.807, 2.05) is 0 Å². The van der Waals surface area contributed by atoms with E-state index in [0.29, 0.717) is 19.3 Å². The Morgan fingerprint density at radius 2 is 0.481 bits per heavy atom. The van der Waals surface area contributed by atoms with Gasteiger partial charge < -0.3 is 14.2 Å². The van der Waals surface area contributed by atoms with Crippen molar-refractivity contribution in [1.82, 2.24) is 0 Å². The van der Waals surface area contributed by atoms with E-state index in [4.69, 9.17) is 14.2 Å². The highest BCUT2D eigenvalue weighted by Gasteiger charge is 2.19. The normalized spacial score (nSPS) is 12.9. The fourth-order valence-electron chi connectivity index (χ4n) is 9.37. The van der Waals surface area contributed by atoms with E-state index in [9.17, 15) is 14.4 Å². The van der Waals surface area contributed by atoms with Gasteiger partial charge >= 0.3 is 17.9 Å². The molecule has 6 heteroatoms. The van der Waals surface area contributed by atoms with Crippen LogP contribution >= 0.6 is 0 Å². The molecule has 0 amide bonds. The minimum atomic E-state index is -0.784. The van der Waals surface area contributed by atoms with Crippen LogP contribution in [0.1, 0.15) is 316 Å². The van der Waals surface area contributed by atoms with Crippen LogP contribution in [0.4, 0.5) is 0 Å². The van der Waals surface area contributed by atoms with Crippen molar-refractivity contribution in [3.05, 3.63) is 122 Å². The molecular weight excluding hydrogens is 997 g/mol. The summed E-state index contributed by atoms with van der Waals surface area (Å²) in [6.45, 7) is 6.51. The van der Waals surface area contributed by atoms with E-state index in [1.165, 1.54) is 154 Å². The number of rotatable bonds is 61. The maximum Gasteiger partial charge on any atom is 0.306 e. The van der Waals surface area contributed by atoms with Crippen molar-refractivity contribution in [3.8, 4) is 0 Å². The fourth-order valence-corrected chi connectivity index (χ4v) is 9.37. The van der Waals surface area contributed by atoms with Crippen LogP contribution in [0.3, 0.4) is 0 Å². The Bertz CT molecular complexity index is 1670. The highest BCUT2D eigenvalue weighted by atomic mass is 16.6. The van der Waals surface area contributed by atoms with Crippen LogP contribution in [0.25, 0.3) is 0 Å². The second kappa shape index (κ2) is 68.3. The molecule has 0 rings (SSSR count). The highest BCUT2D eigenvalue weighted by Crippen LogP contribution is 2.16. The summed E-state index contributed by atoms with van der Waals surface area (Å²) < 4.78 is 16.9. The Morgan fingerprint density at radius 1 is 0.259 bits per heavy atom. The predicted molar refractivity (Wildman–Crippen MR) is 353 cm³/mol. The van der Waals surface area contributed by atoms with Crippen molar-refractivity contribution in [1.29, 1.82) is 0 Å². The number of unbranched alkanes of at least 4 members (excludes halogenated alkanes) is 30. The van der Waals surface area contributed by atoms with E-state index in [1.54, 1.807) is 0 Å². The molecule has 6 nitrogen and oxygen atoms in total. The summed E-state index contributed by atoms with van der Waals surface area (Å²) in [7, 11) is 0. The van der Waals surface area contributed by atoms with Crippen molar-refractivity contribution in [3.63, 3.8) is 0 Å². The predicted octanol–water partition coefficient (Wildman–Crippen LogP) is 23.6. The standard InChI is InChI=1S/C75H126O6/c1-4-7-10-13-16-19-21-23-25-27-29-30-31-32-33-34-35-36-37-38-39-40-41-42-43-44-46-47-49-51-53-56-59-62-65-68-74(77)80-71-72(70-79-73(76)67-64-61-58-55-18-15-12-9-6-3)81-75(78)69-66-63-60-57-54-52-50-48-45-28-26-24-22-20-17-14-11-8-5-2/h7,10,16,19,23-26,29-30,32-33,35-36,38-39,41-42,44,46,72H,4-6,8-9,11-15,17-18,20-22,27-28,31,34,37,40,43,45,47-71H2,1-3H3/b10-7-,19-16-,25-23-,26-24-,30-29-,33-32-,36-35-,39-38-,42-41-,46-44-. The smallest absolute Gasteiger partial charge is 0.306 e. The summed E-state index contributed by atoms with van der Waals surface area (Å²) in [4.78, 5) is 38.2. The molecule has 0 fully saturated rings. The molecule has 462 valence electrons. The Balaban J connectivity index is 4.20. The lowest BCUT2D eigenvalue weighted by Gasteiger charge is -2.18. The van der Waals surface area contributed by atoms with Gasteiger partial charge in [-0.15, -0.1) is 0 Å². The third-order valence-corrected chi connectivity index (χ3v) is 14.5. The lowest BCUT2D eigenvalue weighted by molar-refractivity contribution is -0.167. The van der Waals surface area contributed by atoms with E-state index < -0.39 is 6.10 Å². The van der Waals surface area contributed by atoms with Crippen LogP contribution in [-0.2, 0) is 28.6 Å². The Hall–Kier alpha value is -4.19. The van der Waals surface area contributed by atoms with E-state index in [0.717, 1.165) is 122 Å². The first-order valence-electron chi connectivity index (χ1n) is 34.0. The molecule has 0 aromatic heterocycles. The van der Waals surface area contributed by atoms with E-state index in [2.05, 4.69) is 142 Å². The molecule has 0 aromatic rings. The minimum absolute atomic E-state index is 0.0806. The van der Waals surface area contributed by atoms with Gasteiger partial charge in [-0.25, -0.2) is 0 Å². The van der Waals surface area contributed by atoms with Gasteiger partial charge in [0.25, 0.3) is 0 Å². The number of ether oxygens (including phenoxy) is 3. The maximum absolute atomic E-state index is 12.9. The first-order chi connectivity index (χ1) is 40.0. The summed E-state index contributed by atoms with van der Waals surface area (Å²) >= 11 is 0. The Labute approximate surface area is 501 Å². The average molecular weight is 1120 g/mol. The van der Waals surface area contributed by atoms with Crippen molar-refractivity contribution >= 4 is 17.9 Å². The summed E-state index contributed by atoms with van der Waals surface area (Å²) in [5.74, 6) is -0.889. The molecule has 0 heterocycles. The van der Waals surface area contributed by atoms with Gasteiger partial charge in [-0.1, -0.05) is 303 Å². The lowest BCUT2D eigenvalue weighted by atomic mass is 10.1. The monoisotopic (exact) mass is 1120 g/mol. The third-order valence-electron chi connectivity index (χ3n) is 14.5. The zero-order valence-electron chi connectivity index (χ0n) is 53.0. The molecule has 0 saturated heterocycles. The quantitative estimate of drug-likeness (QED) is 0.0261. The second-order valence-electron chi connectivity index (χ2n) is 22.4. The molecule has 0 aliphatic heterocycles. The molecule has 0 radical (unpaired) electrons. The molecule has 1 unspecified atom stereocenters. The van der Waals surface area contributed by atoms with Crippen LogP contribution in [0.15, 0.2) is 122 Å². The molecule has 0 N–H and O–H groups in total. The fraction of sp³-hybridized carbons (Fsp3) is 0.693. The molecule has 1 atom stereocenters. The van der Waals surface area contributed by atoms with Crippen molar-refractivity contribution in [2.45, 2.75) is 322 Å². The van der Waals surface area contributed by atoms with Crippen LogP contribution in [0, 0.1) is 0 Å². The van der Waals surface area contributed by atoms with Gasteiger partial charge in [0.2, 0.25) is 0 Å². The largest absolute Gasteiger partial charge is 0.462 e. The van der Waals surface area contributed by atoms with Crippen LogP contribution in [0.5, 0.6) is 0 Å². The first-order valence-corrected chi connectivity index (χ1v) is 34.0. The molecular formula is C75H126O6. The second-order valence-corrected chi connectivity index (χ2v) is 22.4. The molecule has 0 spiro atoms. The van der Waals surface area contributed by atoms with Gasteiger partial charge in [0.05, 0.1) is 0 Å².